The first-order chi connectivity index (χ1) is 11.7. The first-order valence-electron chi connectivity index (χ1n) is 7.87. The maximum Gasteiger partial charge on any atom is 0.259 e. The van der Waals surface area contributed by atoms with Gasteiger partial charge >= 0.3 is 0 Å². The highest BCUT2D eigenvalue weighted by atomic mass is 32.2. The van der Waals surface area contributed by atoms with Crippen molar-refractivity contribution < 1.29 is 9.21 Å². The van der Waals surface area contributed by atoms with E-state index in [0.29, 0.717) is 29.4 Å². The van der Waals surface area contributed by atoms with Gasteiger partial charge in [0.25, 0.3) is 5.22 Å². The van der Waals surface area contributed by atoms with Crippen molar-refractivity contribution in [1.29, 1.82) is 0 Å². The van der Waals surface area contributed by atoms with E-state index in [-0.39, 0.29) is 11.2 Å². The Hall–Kier alpha value is -2.34. The number of nitrogens with zero attached hydrogens (tertiary/aromatic N) is 2. The molecule has 2 aromatic heterocycles. The third-order valence-electron chi connectivity index (χ3n) is 3.64. The maximum absolute atomic E-state index is 12.4. The Morgan fingerprint density at radius 3 is 2.79 bits per heavy atom. The summed E-state index contributed by atoms with van der Waals surface area (Å²) < 4.78 is 5.64. The summed E-state index contributed by atoms with van der Waals surface area (Å²) in [6.07, 6.45) is 2.36. The normalized spacial score (nSPS) is 12.2. The third-order valence-corrected chi connectivity index (χ3v) is 4.85. The van der Waals surface area contributed by atoms with Gasteiger partial charge in [0.1, 0.15) is 0 Å². The number of aryl methyl sites for hydroxylation is 1. The fourth-order valence-corrected chi connectivity index (χ4v) is 3.13. The van der Waals surface area contributed by atoms with Crippen LogP contribution in [0.2, 0.25) is 0 Å². The molecule has 6 heteroatoms. The van der Waals surface area contributed by atoms with Crippen LogP contribution in [0.4, 0.5) is 0 Å². The number of hydrogen-bond acceptors (Lipinski definition) is 5. The molecule has 1 atom stereocenters. The SMILES string of the molecule is CC[C@H](Sc1nc2ncccc2o1)C(=O)NCc1ccc(C)cc1. The van der Waals surface area contributed by atoms with Crippen molar-refractivity contribution >= 4 is 28.9 Å². The maximum atomic E-state index is 12.4. The van der Waals surface area contributed by atoms with Crippen LogP contribution in [-0.2, 0) is 11.3 Å². The lowest BCUT2D eigenvalue weighted by Gasteiger charge is -2.12. The minimum Gasteiger partial charge on any atom is -0.430 e. The van der Waals surface area contributed by atoms with Crippen molar-refractivity contribution in [3.05, 3.63) is 53.7 Å². The molecule has 0 radical (unpaired) electrons. The van der Waals surface area contributed by atoms with E-state index in [1.807, 2.05) is 44.2 Å². The number of carbonyl (C=O) groups excluding carboxylic acids is 1. The summed E-state index contributed by atoms with van der Waals surface area (Å²) in [6, 6.07) is 11.7. The largest absolute Gasteiger partial charge is 0.430 e. The highest BCUT2D eigenvalue weighted by molar-refractivity contribution is 8.00. The molecule has 0 saturated carbocycles. The predicted octanol–water partition coefficient (Wildman–Crippen LogP) is 3.72. The van der Waals surface area contributed by atoms with E-state index in [9.17, 15) is 4.79 Å². The predicted molar refractivity (Wildman–Crippen MR) is 94.8 cm³/mol. The van der Waals surface area contributed by atoms with E-state index in [1.54, 1.807) is 12.3 Å². The Kier molecular flexibility index (Phi) is 5.15. The fraction of sp³-hybridized carbons (Fsp3) is 0.278. The zero-order valence-corrected chi connectivity index (χ0v) is 14.5. The Bertz CT molecular complexity index is 797. The number of amides is 1. The number of rotatable bonds is 6. The van der Waals surface area contributed by atoms with Crippen LogP contribution in [-0.4, -0.2) is 21.1 Å². The van der Waals surface area contributed by atoms with E-state index in [1.165, 1.54) is 17.3 Å². The van der Waals surface area contributed by atoms with Gasteiger partial charge in [-0.05, 0) is 31.0 Å². The number of fused-ring (bicyclic) bond motifs is 1. The number of benzene rings is 1. The van der Waals surface area contributed by atoms with Gasteiger partial charge in [-0.2, -0.15) is 4.98 Å². The van der Waals surface area contributed by atoms with Crippen molar-refractivity contribution in [3.63, 3.8) is 0 Å². The first-order valence-corrected chi connectivity index (χ1v) is 8.75. The number of thioether (sulfide) groups is 1. The second kappa shape index (κ2) is 7.49. The highest BCUT2D eigenvalue weighted by Crippen LogP contribution is 2.27. The van der Waals surface area contributed by atoms with Gasteiger partial charge in [-0.1, -0.05) is 48.5 Å². The molecule has 3 rings (SSSR count). The van der Waals surface area contributed by atoms with E-state index in [0.717, 1.165) is 5.56 Å². The van der Waals surface area contributed by atoms with Crippen molar-refractivity contribution in [1.82, 2.24) is 15.3 Å². The van der Waals surface area contributed by atoms with Crippen LogP contribution in [0.25, 0.3) is 11.2 Å². The average Bonchev–Trinajstić information content (AvgIpc) is 3.01. The lowest BCUT2D eigenvalue weighted by molar-refractivity contribution is -0.120. The van der Waals surface area contributed by atoms with E-state index < -0.39 is 0 Å². The molecule has 1 N–H and O–H groups in total. The van der Waals surface area contributed by atoms with Crippen molar-refractivity contribution in [2.75, 3.05) is 0 Å². The van der Waals surface area contributed by atoms with Crippen LogP contribution in [0.15, 0.2) is 52.2 Å². The lowest BCUT2D eigenvalue weighted by Crippen LogP contribution is -2.31. The molecule has 24 heavy (non-hydrogen) atoms. The Labute approximate surface area is 144 Å². The molecular weight excluding hydrogens is 322 g/mol. The van der Waals surface area contributed by atoms with Gasteiger partial charge in [-0.3, -0.25) is 4.79 Å². The average molecular weight is 341 g/mol. The molecule has 0 fully saturated rings. The van der Waals surface area contributed by atoms with Crippen molar-refractivity contribution in [2.45, 2.75) is 37.3 Å². The Morgan fingerprint density at radius 2 is 2.08 bits per heavy atom. The van der Waals surface area contributed by atoms with Crippen LogP contribution in [0.5, 0.6) is 0 Å². The smallest absolute Gasteiger partial charge is 0.259 e. The molecule has 0 bridgehead atoms. The third kappa shape index (κ3) is 3.94. The van der Waals surface area contributed by atoms with E-state index in [2.05, 4.69) is 15.3 Å². The highest BCUT2D eigenvalue weighted by Gasteiger charge is 2.21. The molecule has 2 heterocycles. The summed E-state index contributed by atoms with van der Waals surface area (Å²) >= 11 is 1.33. The molecule has 1 aromatic carbocycles. The molecule has 124 valence electrons. The zero-order valence-electron chi connectivity index (χ0n) is 13.7. The second-order valence-corrected chi connectivity index (χ2v) is 6.68. The number of aromatic nitrogens is 2. The number of carbonyl (C=O) groups is 1. The Morgan fingerprint density at radius 1 is 1.29 bits per heavy atom. The van der Waals surface area contributed by atoms with Crippen molar-refractivity contribution in [3.8, 4) is 0 Å². The number of pyridine rings is 1. The van der Waals surface area contributed by atoms with E-state index in [4.69, 9.17) is 4.42 Å². The number of nitrogens with one attached hydrogen (secondary N) is 1. The quantitative estimate of drug-likeness (QED) is 0.692. The topological polar surface area (TPSA) is 68.0 Å². The second-order valence-electron chi connectivity index (χ2n) is 5.52. The molecule has 1 amide bonds. The van der Waals surface area contributed by atoms with E-state index >= 15 is 0 Å². The molecule has 5 nitrogen and oxygen atoms in total. The minimum atomic E-state index is -0.247. The molecular formula is C18H19N3O2S. The van der Waals surface area contributed by atoms with Crippen LogP contribution < -0.4 is 5.32 Å². The monoisotopic (exact) mass is 341 g/mol. The molecule has 0 unspecified atom stereocenters. The summed E-state index contributed by atoms with van der Waals surface area (Å²) in [5.41, 5.74) is 3.49. The fourth-order valence-electron chi connectivity index (χ4n) is 2.25. The van der Waals surface area contributed by atoms with Gasteiger partial charge in [-0.15, -0.1) is 0 Å². The van der Waals surface area contributed by atoms with Gasteiger partial charge in [0, 0.05) is 12.7 Å². The molecule has 0 aliphatic carbocycles. The minimum absolute atomic E-state index is 0.0155. The van der Waals surface area contributed by atoms with Crippen LogP contribution in [0.3, 0.4) is 0 Å². The molecule has 0 spiro atoms. The molecule has 3 aromatic rings. The molecule has 0 saturated heterocycles. The lowest BCUT2D eigenvalue weighted by atomic mass is 10.1. The summed E-state index contributed by atoms with van der Waals surface area (Å²) in [5, 5.41) is 3.21. The van der Waals surface area contributed by atoms with Gasteiger partial charge in [0.2, 0.25) is 5.91 Å². The first kappa shape index (κ1) is 16.5. The number of oxazole rings is 1. The van der Waals surface area contributed by atoms with Gasteiger partial charge < -0.3 is 9.73 Å². The standard InChI is InChI=1S/C18H19N3O2S/c1-3-15(17(22)20-11-13-8-6-12(2)7-9-13)24-18-21-16-14(23-18)5-4-10-19-16/h4-10,15H,3,11H2,1-2H3,(H,20,22)/t15-/m0/s1. The number of hydrogen-bond donors (Lipinski definition) is 1. The van der Waals surface area contributed by atoms with Gasteiger partial charge in [-0.25, -0.2) is 4.98 Å². The van der Waals surface area contributed by atoms with Gasteiger partial charge in [0.15, 0.2) is 11.2 Å². The summed E-state index contributed by atoms with van der Waals surface area (Å²) in [5.74, 6) is -0.0155. The molecule has 0 aliphatic heterocycles. The summed E-state index contributed by atoms with van der Waals surface area (Å²) in [4.78, 5) is 20.9. The van der Waals surface area contributed by atoms with Gasteiger partial charge in [0.05, 0.1) is 5.25 Å². The Balaban J connectivity index is 1.62. The zero-order chi connectivity index (χ0) is 16.9. The van der Waals surface area contributed by atoms with Crippen LogP contribution in [0.1, 0.15) is 24.5 Å². The van der Waals surface area contributed by atoms with Crippen LogP contribution >= 0.6 is 11.8 Å². The van der Waals surface area contributed by atoms with Crippen LogP contribution in [0, 0.1) is 6.92 Å². The van der Waals surface area contributed by atoms with Crippen molar-refractivity contribution in [2.24, 2.45) is 0 Å². The summed E-state index contributed by atoms with van der Waals surface area (Å²) in [7, 11) is 0. The molecule has 0 aliphatic rings. The summed E-state index contributed by atoms with van der Waals surface area (Å²) in [6.45, 7) is 4.54.